The van der Waals surface area contributed by atoms with Gasteiger partial charge in [-0.05, 0) is 36.4 Å². The number of rotatable bonds is 6. The van der Waals surface area contributed by atoms with E-state index in [9.17, 15) is 14.4 Å². The SMILES string of the molecule is COc1ccc(/C=C/C(=O)Oc2ccc3cc(C(N)=O)c(=O)oc3c2)c(OC)c1. The fraction of sp³-hybridized carbons (Fsp3) is 0.0952. The van der Waals surface area contributed by atoms with Crippen molar-refractivity contribution in [2.45, 2.75) is 0 Å². The van der Waals surface area contributed by atoms with Gasteiger partial charge in [-0.2, -0.15) is 0 Å². The first-order chi connectivity index (χ1) is 13.9. The van der Waals surface area contributed by atoms with Crippen molar-refractivity contribution in [2.24, 2.45) is 5.73 Å². The van der Waals surface area contributed by atoms with Crippen LogP contribution in [0.15, 0.2) is 57.8 Å². The Balaban J connectivity index is 1.79. The Bertz CT molecular complexity index is 1180. The van der Waals surface area contributed by atoms with Crippen LogP contribution < -0.4 is 25.6 Å². The van der Waals surface area contributed by atoms with E-state index in [1.807, 2.05) is 0 Å². The van der Waals surface area contributed by atoms with Gasteiger partial charge in [0, 0.05) is 29.2 Å². The Labute approximate surface area is 165 Å². The standard InChI is InChI=1S/C21H17NO7/c1-26-14-6-3-12(17(10-14)27-2)5-8-19(23)28-15-7-4-13-9-16(20(22)24)21(25)29-18(13)11-15/h3-11H,1-2H3,(H2,22,24)/b8-5+. The van der Waals surface area contributed by atoms with Crippen molar-refractivity contribution in [3.63, 3.8) is 0 Å². The molecule has 0 radical (unpaired) electrons. The smallest absolute Gasteiger partial charge is 0.349 e. The number of primary amides is 1. The number of ether oxygens (including phenoxy) is 3. The molecule has 0 aliphatic heterocycles. The topological polar surface area (TPSA) is 118 Å². The lowest BCUT2D eigenvalue weighted by Crippen LogP contribution is -2.20. The number of hydrogen-bond acceptors (Lipinski definition) is 7. The van der Waals surface area contributed by atoms with E-state index >= 15 is 0 Å². The van der Waals surface area contributed by atoms with Crippen LogP contribution in [0.1, 0.15) is 15.9 Å². The highest BCUT2D eigenvalue weighted by molar-refractivity contribution is 5.96. The minimum Gasteiger partial charge on any atom is -0.497 e. The van der Waals surface area contributed by atoms with Gasteiger partial charge in [-0.25, -0.2) is 9.59 Å². The number of nitrogens with two attached hydrogens (primary N) is 1. The molecule has 1 aromatic heterocycles. The van der Waals surface area contributed by atoms with Gasteiger partial charge in [-0.15, -0.1) is 0 Å². The molecule has 0 aliphatic rings. The molecule has 148 valence electrons. The second-order valence-electron chi connectivity index (χ2n) is 5.87. The first kappa shape index (κ1) is 19.7. The van der Waals surface area contributed by atoms with Crippen molar-refractivity contribution in [1.82, 2.24) is 0 Å². The molecular weight excluding hydrogens is 378 g/mol. The zero-order valence-corrected chi connectivity index (χ0v) is 15.6. The van der Waals surface area contributed by atoms with Crippen LogP contribution in [0, 0.1) is 0 Å². The van der Waals surface area contributed by atoms with Gasteiger partial charge in [0.15, 0.2) is 0 Å². The average Bonchev–Trinajstić information content (AvgIpc) is 2.71. The molecule has 8 heteroatoms. The highest BCUT2D eigenvalue weighted by Gasteiger charge is 2.11. The molecule has 0 saturated carbocycles. The molecule has 2 aromatic carbocycles. The summed E-state index contributed by atoms with van der Waals surface area (Å²) in [6, 6.07) is 10.9. The Morgan fingerprint density at radius 3 is 2.45 bits per heavy atom. The zero-order chi connectivity index (χ0) is 21.0. The summed E-state index contributed by atoms with van der Waals surface area (Å²) in [7, 11) is 3.05. The van der Waals surface area contributed by atoms with Crippen molar-refractivity contribution >= 4 is 28.9 Å². The lowest BCUT2D eigenvalue weighted by atomic mass is 10.1. The summed E-state index contributed by atoms with van der Waals surface area (Å²) in [5.41, 5.74) is 4.83. The van der Waals surface area contributed by atoms with Crippen LogP contribution in [0.3, 0.4) is 0 Å². The van der Waals surface area contributed by atoms with Crippen molar-refractivity contribution < 1.29 is 28.2 Å². The van der Waals surface area contributed by atoms with Crippen LogP contribution in [0.5, 0.6) is 17.2 Å². The normalized spacial score (nSPS) is 10.8. The van der Waals surface area contributed by atoms with Gasteiger partial charge in [-0.3, -0.25) is 4.79 Å². The van der Waals surface area contributed by atoms with Gasteiger partial charge in [-0.1, -0.05) is 0 Å². The lowest BCUT2D eigenvalue weighted by Gasteiger charge is -2.07. The maximum Gasteiger partial charge on any atom is 0.349 e. The molecule has 2 N–H and O–H groups in total. The molecular formula is C21H17NO7. The van der Waals surface area contributed by atoms with Gasteiger partial charge < -0.3 is 24.4 Å². The summed E-state index contributed by atoms with van der Waals surface area (Å²) in [4.78, 5) is 35.1. The fourth-order valence-electron chi connectivity index (χ4n) is 2.59. The molecule has 0 bridgehead atoms. The third kappa shape index (κ3) is 4.44. The van der Waals surface area contributed by atoms with Crippen molar-refractivity contribution in [3.8, 4) is 17.2 Å². The Hall–Kier alpha value is -4.07. The minimum absolute atomic E-state index is 0.158. The first-order valence-electron chi connectivity index (χ1n) is 8.41. The first-order valence-corrected chi connectivity index (χ1v) is 8.41. The molecule has 0 atom stereocenters. The third-order valence-electron chi connectivity index (χ3n) is 4.03. The van der Waals surface area contributed by atoms with E-state index in [2.05, 4.69) is 0 Å². The number of hydrogen-bond donors (Lipinski definition) is 1. The second kappa shape index (κ2) is 8.30. The van der Waals surface area contributed by atoms with Crippen molar-refractivity contribution in [1.29, 1.82) is 0 Å². The van der Waals surface area contributed by atoms with Gasteiger partial charge in [0.25, 0.3) is 5.91 Å². The van der Waals surface area contributed by atoms with E-state index in [0.29, 0.717) is 22.4 Å². The van der Waals surface area contributed by atoms with Crippen molar-refractivity contribution in [3.05, 3.63) is 70.1 Å². The number of amides is 1. The molecule has 3 aromatic rings. The largest absolute Gasteiger partial charge is 0.497 e. The molecule has 0 saturated heterocycles. The van der Waals surface area contributed by atoms with Crippen LogP contribution in [-0.2, 0) is 4.79 Å². The summed E-state index contributed by atoms with van der Waals surface area (Å²) in [5.74, 6) is -0.192. The van der Waals surface area contributed by atoms with E-state index in [1.165, 1.54) is 31.4 Å². The van der Waals surface area contributed by atoms with Gasteiger partial charge in [0.2, 0.25) is 0 Å². The maximum absolute atomic E-state index is 12.1. The van der Waals surface area contributed by atoms with Gasteiger partial charge in [0.05, 0.1) is 14.2 Å². The van der Waals surface area contributed by atoms with Gasteiger partial charge in [0.1, 0.15) is 28.4 Å². The predicted octanol–water partition coefficient (Wildman–Crippen LogP) is 2.53. The zero-order valence-electron chi connectivity index (χ0n) is 15.6. The molecule has 0 fully saturated rings. The number of esters is 1. The highest BCUT2D eigenvalue weighted by Crippen LogP contribution is 2.26. The van der Waals surface area contributed by atoms with Crippen molar-refractivity contribution in [2.75, 3.05) is 14.2 Å². The lowest BCUT2D eigenvalue weighted by molar-refractivity contribution is -0.128. The van der Waals surface area contributed by atoms with E-state index in [-0.39, 0.29) is 16.9 Å². The van der Waals surface area contributed by atoms with E-state index in [0.717, 1.165) is 0 Å². The maximum atomic E-state index is 12.1. The molecule has 8 nitrogen and oxygen atoms in total. The molecule has 1 amide bonds. The molecule has 1 heterocycles. The van der Waals surface area contributed by atoms with E-state index in [1.54, 1.807) is 37.5 Å². The van der Waals surface area contributed by atoms with E-state index < -0.39 is 17.5 Å². The number of benzene rings is 2. The number of carbonyl (C=O) groups excluding carboxylic acids is 2. The quantitative estimate of drug-likeness (QED) is 0.295. The summed E-state index contributed by atoms with van der Waals surface area (Å²) >= 11 is 0. The fourth-order valence-corrected chi connectivity index (χ4v) is 2.59. The van der Waals surface area contributed by atoms with Gasteiger partial charge >= 0.3 is 11.6 Å². The summed E-state index contributed by atoms with van der Waals surface area (Å²) in [6.07, 6.45) is 2.78. The molecule has 0 spiro atoms. The summed E-state index contributed by atoms with van der Waals surface area (Å²) in [6.45, 7) is 0. The minimum atomic E-state index is -0.879. The van der Waals surface area contributed by atoms with Crippen LogP contribution in [0.25, 0.3) is 17.0 Å². The second-order valence-corrected chi connectivity index (χ2v) is 5.87. The molecule has 3 rings (SSSR count). The Morgan fingerprint density at radius 2 is 1.76 bits per heavy atom. The third-order valence-corrected chi connectivity index (χ3v) is 4.03. The number of methoxy groups -OCH3 is 2. The molecule has 0 unspecified atom stereocenters. The predicted molar refractivity (Wildman–Crippen MR) is 105 cm³/mol. The Kier molecular flexibility index (Phi) is 5.64. The average molecular weight is 395 g/mol. The van der Waals surface area contributed by atoms with E-state index in [4.69, 9.17) is 24.4 Å². The van der Waals surface area contributed by atoms with Crippen LogP contribution in [-0.4, -0.2) is 26.1 Å². The number of fused-ring (bicyclic) bond motifs is 1. The highest BCUT2D eigenvalue weighted by atomic mass is 16.5. The Morgan fingerprint density at radius 1 is 1.00 bits per heavy atom. The summed E-state index contributed by atoms with van der Waals surface area (Å²) < 4.78 is 20.7. The monoisotopic (exact) mass is 395 g/mol. The van der Waals surface area contributed by atoms with Crippen LogP contribution in [0.2, 0.25) is 0 Å². The number of carbonyl (C=O) groups is 2. The van der Waals surface area contributed by atoms with Crippen LogP contribution in [0.4, 0.5) is 0 Å². The molecule has 29 heavy (non-hydrogen) atoms. The molecule has 0 aliphatic carbocycles. The summed E-state index contributed by atoms with van der Waals surface area (Å²) in [5, 5.41) is 0.469. The van der Waals surface area contributed by atoms with Crippen LogP contribution >= 0.6 is 0 Å².